The van der Waals surface area contributed by atoms with Gasteiger partial charge in [0.1, 0.15) is 11.3 Å². The molecule has 0 aliphatic carbocycles. The van der Waals surface area contributed by atoms with Crippen LogP contribution < -0.4 is 0 Å². The zero-order valence-corrected chi connectivity index (χ0v) is 20.5. The molecule has 0 aromatic heterocycles. The topological polar surface area (TPSA) is 57.5 Å². The molecule has 0 saturated carbocycles. The number of phenols is 1. The number of aryl methyl sites for hydroxylation is 2. The number of hydrogen-bond donors (Lipinski definition) is 2. The quantitative estimate of drug-likeness (QED) is 0.284. The number of benzene rings is 4. The van der Waals surface area contributed by atoms with Crippen LogP contribution in [0.1, 0.15) is 69.9 Å². The van der Waals surface area contributed by atoms with Gasteiger partial charge in [0, 0.05) is 16.9 Å². The minimum Gasteiger partial charge on any atom is -0.507 e. The standard InChI is InChI=1S/C32H32O3/c1-22-14-16-23(17-15-22)18-19-27(24-10-6-4-7-11-24)28-20-26(21-29(30(28)33)31(34)35)32(2,3)25-12-8-5-9-13-25/h4-17,20-21,27,33H,18-19H2,1-3H3,(H,34,35). The summed E-state index contributed by atoms with van der Waals surface area (Å²) in [6.45, 7) is 6.25. The Bertz CT molecular complexity index is 1290. The van der Waals surface area contributed by atoms with Crippen LogP contribution in [0.5, 0.6) is 5.75 Å². The lowest BCUT2D eigenvalue weighted by molar-refractivity contribution is 0.0693. The van der Waals surface area contributed by atoms with Gasteiger partial charge < -0.3 is 10.2 Å². The van der Waals surface area contributed by atoms with Crippen molar-refractivity contribution in [3.05, 3.63) is 136 Å². The fraction of sp³-hybridized carbons (Fsp3) is 0.219. The molecule has 4 aromatic carbocycles. The maximum absolute atomic E-state index is 12.2. The van der Waals surface area contributed by atoms with E-state index in [1.807, 2.05) is 42.5 Å². The number of aromatic carboxylic acids is 1. The molecule has 0 fully saturated rings. The smallest absolute Gasteiger partial charge is 0.339 e. The van der Waals surface area contributed by atoms with Crippen molar-refractivity contribution < 1.29 is 15.0 Å². The summed E-state index contributed by atoms with van der Waals surface area (Å²) in [7, 11) is 0. The second kappa shape index (κ2) is 10.2. The third-order valence-corrected chi connectivity index (χ3v) is 7.01. The molecule has 0 bridgehead atoms. The van der Waals surface area contributed by atoms with Crippen LogP contribution in [0, 0.1) is 6.92 Å². The lowest BCUT2D eigenvalue weighted by Gasteiger charge is -2.29. The molecule has 3 nitrogen and oxygen atoms in total. The second-order valence-electron chi connectivity index (χ2n) is 9.75. The van der Waals surface area contributed by atoms with E-state index in [2.05, 4.69) is 69.3 Å². The van der Waals surface area contributed by atoms with Gasteiger partial charge in [0.15, 0.2) is 0 Å². The highest BCUT2D eigenvalue weighted by atomic mass is 16.4. The highest BCUT2D eigenvalue weighted by Gasteiger charge is 2.29. The van der Waals surface area contributed by atoms with Crippen molar-refractivity contribution in [3.8, 4) is 5.75 Å². The van der Waals surface area contributed by atoms with Crippen molar-refractivity contribution in [1.29, 1.82) is 0 Å². The molecule has 178 valence electrons. The van der Waals surface area contributed by atoms with Crippen LogP contribution in [-0.2, 0) is 11.8 Å². The molecule has 0 saturated heterocycles. The van der Waals surface area contributed by atoms with Gasteiger partial charge in [-0.3, -0.25) is 0 Å². The van der Waals surface area contributed by atoms with E-state index in [9.17, 15) is 15.0 Å². The summed E-state index contributed by atoms with van der Waals surface area (Å²) < 4.78 is 0. The van der Waals surface area contributed by atoms with Gasteiger partial charge in [0.25, 0.3) is 0 Å². The average Bonchev–Trinajstić information content (AvgIpc) is 2.87. The predicted octanol–water partition coefficient (Wildman–Crippen LogP) is 7.49. The average molecular weight is 465 g/mol. The normalized spacial score (nSPS) is 12.3. The minimum atomic E-state index is -1.13. The van der Waals surface area contributed by atoms with Crippen molar-refractivity contribution in [2.24, 2.45) is 0 Å². The van der Waals surface area contributed by atoms with Gasteiger partial charge in [0.2, 0.25) is 0 Å². The molecule has 2 N–H and O–H groups in total. The van der Waals surface area contributed by atoms with E-state index in [1.54, 1.807) is 6.07 Å². The largest absolute Gasteiger partial charge is 0.507 e. The number of carboxylic acids is 1. The van der Waals surface area contributed by atoms with Crippen molar-refractivity contribution in [1.82, 2.24) is 0 Å². The molecular weight excluding hydrogens is 432 g/mol. The molecule has 0 heterocycles. The molecule has 4 aromatic rings. The fourth-order valence-corrected chi connectivity index (χ4v) is 4.72. The van der Waals surface area contributed by atoms with Crippen molar-refractivity contribution in [3.63, 3.8) is 0 Å². The third kappa shape index (κ3) is 5.30. The number of hydrogen-bond acceptors (Lipinski definition) is 2. The Morgan fingerprint density at radius 1 is 0.829 bits per heavy atom. The fourth-order valence-electron chi connectivity index (χ4n) is 4.72. The second-order valence-corrected chi connectivity index (χ2v) is 9.75. The molecule has 0 aliphatic rings. The van der Waals surface area contributed by atoms with Crippen LogP contribution in [0.15, 0.2) is 97.1 Å². The summed E-state index contributed by atoms with van der Waals surface area (Å²) in [5.74, 6) is -1.43. The van der Waals surface area contributed by atoms with E-state index in [-0.39, 0.29) is 17.2 Å². The molecule has 0 amide bonds. The molecule has 35 heavy (non-hydrogen) atoms. The molecular formula is C32H32O3. The third-order valence-electron chi connectivity index (χ3n) is 7.01. The molecule has 0 aliphatic heterocycles. The lowest BCUT2D eigenvalue weighted by atomic mass is 9.75. The number of carbonyl (C=O) groups is 1. The monoisotopic (exact) mass is 464 g/mol. The van der Waals surface area contributed by atoms with Crippen LogP contribution in [0.4, 0.5) is 0 Å². The van der Waals surface area contributed by atoms with E-state index < -0.39 is 11.4 Å². The molecule has 0 radical (unpaired) electrons. The number of carboxylic acid groups (broad SMARTS) is 1. The maximum Gasteiger partial charge on any atom is 0.339 e. The molecule has 3 heteroatoms. The van der Waals surface area contributed by atoms with E-state index >= 15 is 0 Å². The van der Waals surface area contributed by atoms with E-state index in [4.69, 9.17) is 0 Å². The first-order chi connectivity index (χ1) is 16.8. The van der Waals surface area contributed by atoms with Gasteiger partial charge >= 0.3 is 5.97 Å². The summed E-state index contributed by atoms with van der Waals surface area (Å²) >= 11 is 0. The summed E-state index contributed by atoms with van der Waals surface area (Å²) in [6, 6.07) is 32.2. The summed E-state index contributed by atoms with van der Waals surface area (Å²) in [4.78, 5) is 12.2. The summed E-state index contributed by atoms with van der Waals surface area (Å²) in [5.41, 5.74) is 5.60. The Labute approximate surface area is 207 Å². The van der Waals surface area contributed by atoms with Gasteiger partial charge in [-0.2, -0.15) is 0 Å². The predicted molar refractivity (Wildman–Crippen MR) is 141 cm³/mol. The Kier molecular flexibility index (Phi) is 7.07. The summed E-state index contributed by atoms with van der Waals surface area (Å²) in [6.07, 6.45) is 1.56. The number of aromatic hydroxyl groups is 1. The van der Waals surface area contributed by atoms with Gasteiger partial charge in [-0.1, -0.05) is 110 Å². The van der Waals surface area contributed by atoms with Crippen LogP contribution in [0.25, 0.3) is 0 Å². The Hall–Kier alpha value is -3.85. The number of rotatable bonds is 8. The first kappa shape index (κ1) is 24.3. The van der Waals surface area contributed by atoms with Crippen LogP contribution in [-0.4, -0.2) is 16.2 Å². The zero-order chi connectivity index (χ0) is 25.0. The van der Waals surface area contributed by atoms with Crippen LogP contribution >= 0.6 is 0 Å². The minimum absolute atomic E-state index is 0.0576. The maximum atomic E-state index is 12.2. The summed E-state index contributed by atoms with van der Waals surface area (Å²) in [5, 5.41) is 21.2. The SMILES string of the molecule is Cc1ccc(CCC(c2ccccc2)c2cc(C(C)(C)c3ccccc3)cc(C(=O)O)c2O)cc1. The van der Waals surface area contributed by atoms with Gasteiger partial charge in [0.05, 0.1) is 0 Å². The molecule has 4 rings (SSSR count). The molecule has 0 spiro atoms. The van der Waals surface area contributed by atoms with Crippen LogP contribution in [0.3, 0.4) is 0 Å². The van der Waals surface area contributed by atoms with E-state index in [0.717, 1.165) is 29.5 Å². The first-order valence-corrected chi connectivity index (χ1v) is 12.0. The van der Waals surface area contributed by atoms with Crippen LogP contribution in [0.2, 0.25) is 0 Å². The lowest BCUT2D eigenvalue weighted by Crippen LogP contribution is -2.20. The van der Waals surface area contributed by atoms with Crippen molar-refractivity contribution in [2.75, 3.05) is 0 Å². The first-order valence-electron chi connectivity index (χ1n) is 12.0. The van der Waals surface area contributed by atoms with Gasteiger partial charge in [-0.15, -0.1) is 0 Å². The Balaban J connectivity index is 1.84. The Morgan fingerprint density at radius 2 is 1.43 bits per heavy atom. The van der Waals surface area contributed by atoms with Crippen molar-refractivity contribution >= 4 is 5.97 Å². The highest BCUT2D eigenvalue weighted by Crippen LogP contribution is 2.41. The zero-order valence-electron chi connectivity index (χ0n) is 20.5. The van der Waals surface area contributed by atoms with Gasteiger partial charge in [-0.05, 0) is 48.1 Å². The molecule has 1 unspecified atom stereocenters. The van der Waals surface area contributed by atoms with Crippen molar-refractivity contribution in [2.45, 2.75) is 44.9 Å². The molecule has 1 atom stereocenters. The van der Waals surface area contributed by atoms with Gasteiger partial charge in [-0.25, -0.2) is 4.79 Å². The Morgan fingerprint density at radius 3 is 2.03 bits per heavy atom. The highest BCUT2D eigenvalue weighted by molar-refractivity contribution is 5.92. The van der Waals surface area contributed by atoms with E-state index in [0.29, 0.717) is 5.56 Å². The van der Waals surface area contributed by atoms with E-state index in [1.165, 1.54) is 11.1 Å².